The van der Waals surface area contributed by atoms with Gasteiger partial charge in [-0.1, -0.05) is 0 Å². The van der Waals surface area contributed by atoms with Crippen molar-refractivity contribution in [2.45, 2.75) is 6.04 Å². The van der Waals surface area contributed by atoms with Crippen LogP contribution in [0.25, 0.3) is 0 Å². The molecule has 0 aliphatic rings. The van der Waals surface area contributed by atoms with Crippen LogP contribution in [-0.2, 0) is 0 Å². The van der Waals surface area contributed by atoms with Crippen LogP contribution in [0.15, 0.2) is 40.2 Å². The SMILES string of the molecule is NC(COc1ccc(F)cc1)c1ccc(Br)s1. The van der Waals surface area contributed by atoms with E-state index in [0.29, 0.717) is 12.4 Å². The summed E-state index contributed by atoms with van der Waals surface area (Å²) in [5.74, 6) is 0.348. The van der Waals surface area contributed by atoms with Gasteiger partial charge in [-0.25, -0.2) is 4.39 Å². The summed E-state index contributed by atoms with van der Waals surface area (Å²) in [6, 6.07) is 9.66. The highest BCUT2D eigenvalue weighted by Gasteiger charge is 2.09. The van der Waals surface area contributed by atoms with Gasteiger partial charge in [0.25, 0.3) is 0 Å². The maximum atomic E-state index is 12.7. The molecule has 0 saturated carbocycles. The van der Waals surface area contributed by atoms with E-state index in [4.69, 9.17) is 10.5 Å². The highest BCUT2D eigenvalue weighted by molar-refractivity contribution is 9.11. The van der Waals surface area contributed by atoms with Crippen LogP contribution < -0.4 is 10.5 Å². The first-order chi connectivity index (χ1) is 8.15. The maximum absolute atomic E-state index is 12.7. The standard InChI is InChI=1S/C12H11BrFNOS/c13-12-6-5-11(17-12)10(15)7-16-9-3-1-8(14)2-4-9/h1-6,10H,7,15H2. The van der Waals surface area contributed by atoms with Crippen molar-refractivity contribution in [2.24, 2.45) is 5.73 Å². The van der Waals surface area contributed by atoms with E-state index in [-0.39, 0.29) is 11.9 Å². The van der Waals surface area contributed by atoms with Gasteiger partial charge in [-0.05, 0) is 52.3 Å². The normalized spacial score (nSPS) is 12.4. The lowest BCUT2D eigenvalue weighted by molar-refractivity contribution is 0.292. The van der Waals surface area contributed by atoms with E-state index in [1.54, 1.807) is 23.5 Å². The summed E-state index contributed by atoms with van der Waals surface area (Å²) in [4.78, 5) is 1.05. The number of hydrogen-bond acceptors (Lipinski definition) is 3. The Kier molecular flexibility index (Phi) is 4.15. The Balaban J connectivity index is 1.92. The van der Waals surface area contributed by atoms with Crippen LogP contribution in [0.5, 0.6) is 5.75 Å². The Labute approximate surface area is 111 Å². The number of ether oxygens (including phenoxy) is 1. The first-order valence-electron chi connectivity index (χ1n) is 5.04. The van der Waals surface area contributed by atoms with Crippen molar-refractivity contribution >= 4 is 27.3 Å². The summed E-state index contributed by atoms with van der Waals surface area (Å²) >= 11 is 4.97. The molecule has 0 fully saturated rings. The summed E-state index contributed by atoms with van der Waals surface area (Å²) in [5.41, 5.74) is 5.98. The molecule has 0 amide bonds. The third kappa shape index (κ3) is 3.52. The van der Waals surface area contributed by atoms with Crippen molar-refractivity contribution in [3.8, 4) is 5.75 Å². The third-order valence-corrected chi connectivity index (χ3v) is 3.96. The van der Waals surface area contributed by atoms with Crippen molar-refractivity contribution in [1.29, 1.82) is 0 Å². The number of thiophene rings is 1. The molecule has 0 saturated heterocycles. The molecule has 2 rings (SSSR count). The van der Waals surface area contributed by atoms with E-state index in [2.05, 4.69) is 15.9 Å². The molecule has 1 unspecified atom stereocenters. The lowest BCUT2D eigenvalue weighted by Crippen LogP contribution is -2.17. The van der Waals surface area contributed by atoms with Gasteiger partial charge >= 0.3 is 0 Å². The molecule has 1 aromatic heterocycles. The Morgan fingerprint density at radius 2 is 1.94 bits per heavy atom. The van der Waals surface area contributed by atoms with Gasteiger partial charge in [-0.15, -0.1) is 11.3 Å². The van der Waals surface area contributed by atoms with Crippen molar-refractivity contribution in [1.82, 2.24) is 0 Å². The summed E-state index contributed by atoms with van der Waals surface area (Å²) in [6.45, 7) is 0.374. The van der Waals surface area contributed by atoms with Crippen LogP contribution in [0, 0.1) is 5.82 Å². The second-order valence-corrected chi connectivity index (χ2v) is 6.01. The Bertz CT molecular complexity index is 486. The van der Waals surface area contributed by atoms with Crippen LogP contribution in [0.4, 0.5) is 4.39 Å². The molecule has 1 aromatic carbocycles. The molecular weight excluding hydrogens is 305 g/mol. The minimum absolute atomic E-state index is 0.170. The fourth-order valence-corrected chi connectivity index (χ4v) is 2.74. The molecule has 90 valence electrons. The van der Waals surface area contributed by atoms with Crippen LogP contribution >= 0.6 is 27.3 Å². The van der Waals surface area contributed by atoms with Gasteiger partial charge in [0, 0.05) is 4.88 Å². The number of rotatable bonds is 4. The van der Waals surface area contributed by atoms with Gasteiger partial charge < -0.3 is 10.5 Å². The predicted octanol–water partition coefficient (Wildman–Crippen LogP) is 3.73. The van der Waals surface area contributed by atoms with E-state index in [1.165, 1.54) is 12.1 Å². The van der Waals surface area contributed by atoms with E-state index in [1.807, 2.05) is 12.1 Å². The highest BCUT2D eigenvalue weighted by Crippen LogP contribution is 2.26. The van der Waals surface area contributed by atoms with Gasteiger partial charge in [-0.3, -0.25) is 0 Å². The van der Waals surface area contributed by atoms with Crippen LogP contribution in [0.2, 0.25) is 0 Å². The first-order valence-corrected chi connectivity index (χ1v) is 6.65. The van der Waals surface area contributed by atoms with Gasteiger partial charge in [0.05, 0.1) is 9.83 Å². The van der Waals surface area contributed by atoms with Crippen molar-refractivity contribution in [3.05, 3.63) is 50.9 Å². The molecule has 0 aliphatic heterocycles. The van der Waals surface area contributed by atoms with Crippen LogP contribution in [0.3, 0.4) is 0 Å². The zero-order valence-corrected chi connectivity index (χ0v) is 11.3. The van der Waals surface area contributed by atoms with Crippen molar-refractivity contribution in [3.63, 3.8) is 0 Å². The molecule has 2 nitrogen and oxygen atoms in total. The molecule has 0 radical (unpaired) electrons. The highest BCUT2D eigenvalue weighted by atomic mass is 79.9. The fourth-order valence-electron chi connectivity index (χ4n) is 1.33. The van der Waals surface area contributed by atoms with E-state index < -0.39 is 0 Å². The second-order valence-electron chi connectivity index (χ2n) is 3.51. The Hall–Kier alpha value is -0.910. The Morgan fingerprint density at radius 1 is 1.24 bits per heavy atom. The molecule has 5 heteroatoms. The Morgan fingerprint density at radius 3 is 2.53 bits per heavy atom. The monoisotopic (exact) mass is 315 g/mol. The smallest absolute Gasteiger partial charge is 0.123 e. The zero-order chi connectivity index (χ0) is 12.3. The van der Waals surface area contributed by atoms with E-state index in [0.717, 1.165) is 8.66 Å². The number of benzene rings is 1. The lowest BCUT2D eigenvalue weighted by Gasteiger charge is -2.11. The van der Waals surface area contributed by atoms with Crippen molar-refractivity contribution in [2.75, 3.05) is 6.61 Å². The summed E-state index contributed by atoms with van der Waals surface area (Å²) in [5, 5.41) is 0. The predicted molar refractivity (Wildman–Crippen MR) is 70.8 cm³/mol. The molecule has 1 heterocycles. The summed E-state index contributed by atoms with van der Waals surface area (Å²) in [6.07, 6.45) is 0. The van der Waals surface area contributed by atoms with Gasteiger partial charge in [0.15, 0.2) is 0 Å². The zero-order valence-electron chi connectivity index (χ0n) is 8.90. The second kappa shape index (κ2) is 5.62. The largest absolute Gasteiger partial charge is 0.492 e. The average molecular weight is 316 g/mol. The van der Waals surface area contributed by atoms with E-state index >= 15 is 0 Å². The van der Waals surface area contributed by atoms with Gasteiger partial charge in [0.2, 0.25) is 0 Å². The summed E-state index contributed by atoms with van der Waals surface area (Å²) < 4.78 is 19.2. The molecule has 0 aliphatic carbocycles. The van der Waals surface area contributed by atoms with Crippen molar-refractivity contribution < 1.29 is 9.13 Å². The molecule has 0 bridgehead atoms. The molecule has 2 aromatic rings. The van der Waals surface area contributed by atoms with Crippen LogP contribution in [-0.4, -0.2) is 6.61 Å². The molecule has 1 atom stereocenters. The third-order valence-electron chi connectivity index (χ3n) is 2.20. The van der Waals surface area contributed by atoms with Gasteiger partial charge in [0.1, 0.15) is 18.2 Å². The minimum atomic E-state index is -0.274. The average Bonchev–Trinajstić information content (AvgIpc) is 2.75. The van der Waals surface area contributed by atoms with Gasteiger partial charge in [-0.2, -0.15) is 0 Å². The molecular formula is C12H11BrFNOS. The maximum Gasteiger partial charge on any atom is 0.123 e. The topological polar surface area (TPSA) is 35.2 Å². The first kappa shape index (κ1) is 12.5. The van der Waals surface area contributed by atoms with Crippen LogP contribution in [0.1, 0.15) is 10.9 Å². The number of hydrogen-bond donors (Lipinski definition) is 1. The quantitative estimate of drug-likeness (QED) is 0.933. The molecule has 0 spiro atoms. The van der Waals surface area contributed by atoms with E-state index in [9.17, 15) is 4.39 Å². The number of halogens is 2. The lowest BCUT2D eigenvalue weighted by atomic mass is 10.3. The summed E-state index contributed by atoms with van der Waals surface area (Å²) in [7, 11) is 0. The molecule has 2 N–H and O–H groups in total. The number of nitrogens with two attached hydrogens (primary N) is 1. The minimum Gasteiger partial charge on any atom is -0.492 e. The fraction of sp³-hybridized carbons (Fsp3) is 0.167. The molecule has 17 heavy (non-hydrogen) atoms.